The maximum Gasteiger partial charge on any atom is 0.164 e. The van der Waals surface area contributed by atoms with Crippen molar-refractivity contribution in [2.75, 3.05) is 0 Å². The molecule has 56 heavy (non-hydrogen) atoms. The van der Waals surface area contributed by atoms with Crippen LogP contribution in [0.1, 0.15) is 0 Å². The van der Waals surface area contributed by atoms with Crippen LogP contribution in [0.2, 0.25) is 0 Å². The number of hydrogen-bond donors (Lipinski definition) is 0. The Bertz CT molecular complexity index is 3220. The van der Waals surface area contributed by atoms with Crippen molar-refractivity contribution < 1.29 is 4.42 Å². The highest BCUT2D eigenvalue weighted by Crippen LogP contribution is 2.39. The molecule has 8 aromatic carbocycles. The largest absolute Gasteiger partial charge is 0.455 e. The first-order valence-corrected chi connectivity index (χ1v) is 18.8. The summed E-state index contributed by atoms with van der Waals surface area (Å²) in [5.74, 6) is 1.89. The van der Waals surface area contributed by atoms with Gasteiger partial charge in [0, 0.05) is 55.6 Å². The second-order valence-corrected chi connectivity index (χ2v) is 14.0. The quantitative estimate of drug-likeness (QED) is 0.172. The van der Waals surface area contributed by atoms with Crippen molar-refractivity contribution >= 4 is 43.7 Å². The molecule has 0 aliphatic heterocycles. The number of benzene rings is 8. The van der Waals surface area contributed by atoms with Gasteiger partial charge < -0.3 is 8.98 Å². The smallest absolute Gasteiger partial charge is 0.164 e. The molecule has 5 heteroatoms. The number of fused-ring (bicyclic) bond motifs is 6. The predicted octanol–water partition coefficient (Wildman–Crippen LogP) is 13.2. The zero-order valence-corrected chi connectivity index (χ0v) is 30.2. The molecule has 0 radical (unpaired) electrons. The standard InChI is InChI=1S/C51H32N4O/c1-4-13-33(14-5-1)34-23-25-37(26-24-34)50-52-49(36-17-8-3-9-18-36)53-51(54-50)38-27-30-46-44(31-38)41-19-10-11-22-45(41)55(46)39-28-29-42-43-21-12-20-40(35-15-6-2-7-16-35)48(43)56-47(42)32-39/h1-32H. The molecule has 5 nitrogen and oxygen atoms in total. The van der Waals surface area contributed by atoms with Crippen LogP contribution in [-0.4, -0.2) is 19.5 Å². The third kappa shape index (κ3) is 5.37. The highest BCUT2D eigenvalue weighted by atomic mass is 16.3. The molecule has 262 valence electrons. The van der Waals surface area contributed by atoms with Gasteiger partial charge >= 0.3 is 0 Å². The Balaban J connectivity index is 1.05. The Morgan fingerprint density at radius 2 is 0.875 bits per heavy atom. The fourth-order valence-electron chi connectivity index (χ4n) is 7.95. The lowest BCUT2D eigenvalue weighted by Gasteiger charge is -2.10. The maximum absolute atomic E-state index is 6.67. The summed E-state index contributed by atoms with van der Waals surface area (Å²) in [5, 5.41) is 4.47. The van der Waals surface area contributed by atoms with E-state index in [2.05, 4.69) is 156 Å². The number of rotatable bonds is 6. The maximum atomic E-state index is 6.67. The Hall–Kier alpha value is -7.63. The molecule has 3 aromatic heterocycles. The highest BCUT2D eigenvalue weighted by molar-refractivity contribution is 6.12. The molecule has 0 amide bonds. The van der Waals surface area contributed by atoms with Gasteiger partial charge in [0.05, 0.1) is 11.0 Å². The van der Waals surface area contributed by atoms with E-state index in [9.17, 15) is 0 Å². The summed E-state index contributed by atoms with van der Waals surface area (Å²) in [5.41, 5.74) is 12.3. The monoisotopic (exact) mass is 716 g/mol. The van der Waals surface area contributed by atoms with Gasteiger partial charge in [-0.15, -0.1) is 0 Å². The molecule has 0 saturated carbocycles. The van der Waals surface area contributed by atoms with Gasteiger partial charge in [0.2, 0.25) is 0 Å². The fraction of sp³-hybridized carbons (Fsp3) is 0. The Morgan fingerprint density at radius 1 is 0.339 bits per heavy atom. The van der Waals surface area contributed by atoms with E-state index in [1.807, 2.05) is 42.5 Å². The zero-order chi connectivity index (χ0) is 37.0. The number of hydrogen-bond acceptors (Lipinski definition) is 4. The van der Waals surface area contributed by atoms with Gasteiger partial charge in [-0.25, -0.2) is 15.0 Å². The zero-order valence-electron chi connectivity index (χ0n) is 30.2. The third-order valence-corrected chi connectivity index (χ3v) is 10.7. The SMILES string of the molecule is c1ccc(-c2ccc(-c3nc(-c4ccccc4)nc(-c4ccc5c(c4)c4ccccc4n5-c4ccc5c(c4)oc4c(-c6ccccc6)cccc45)n3)cc2)cc1. The molecule has 0 unspecified atom stereocenters. The van der Waals surface area contributed by atoms with Crippen LogP contribution < -0.4 is 0 Å². The molecule has 0 aliphatic carbocycles. The molecule has 0 atom stereocenters. The van der Waals surface area contributed by atoms with E-state index < -0.39 is 0 Å². The highest BCUT2D eigenvalue weighted by Gasteiger charge is 2.18. The third-order valence-electron chi connectivity index (χ3n) is 10.7. The molecule has 11 rings (SSSR count). The van der Waals surface area contributed by atoms with Crippen molar-refractivity contribution in [3.63, 3.8) is 0 Å². The lowest BCUT2D eigenvalue weighted by molar-refractivity contribution is 0.669. The molecule has 0 N–H and O–H groups in total. The van der Waals surface area contributed by atoms with Gasteiger partial charge in [-0.2, -0.15) is 0 Å². The Labute approximate surface area is 322 Å². The first-order valence-electron chi connectivity index (χ1n) is 18.8. The van der Waals surface area contributed by atoms with Crippen LogP contribution in [-0.2, 0) is 0 Å². The van der Waals surface area contributed by atoms with Crippen LogP contribution in [0, 0.1) is 0 Å². The average molecular weight is 717 g/mol. The summed E-state index contributed by atoms with van der Waals surface area (Å²) in [6.07, 6.45) is 0. The summed E-state index contributed by atoms with van der Waals surface area (Å²) < 4.78 is 8.99. The number of para-hydroxylation sites is 2. The molecule has 0 spiro atoms. The minimum atomic E-state index is 0.623. The topological polar surface area (TPSA) is 56.7 Å². The van der Waals surface area contributed by atoms with Gasteiger partial charge in [0.1, 0.15) is 11.2 Å². The average Bonchev–Trinajstić information content (AvgIpc) is 3.82. The lowest BCUT2D eigenvalue weighted by atomic mass is 10.0. The summed E-state index contributed by atoms with van der Waals surface area (Å²) in [6.45, 7) is 0. The first kappa shape index (κ1) is 31.9. The van der Waals surface area contributed by atoms with Gasteiger partial charge in [0.15, 0.2) is 17.5 Å². The van der Waals surface area contributed by atoms with E-state index in [4.69, 9.17) is 19.4 Å². The molecule has 0 aliphatic rings. The summed E-state index contributed by atoms with van der Waals surface area (Å²) in [6, 6.07) is 67.4. The second-order valence-electron chi connectivity index (χ2n) is 14.0. The summed E-state index contributed by atoms with van der Waals surface area (Å²) >= 11 is 0. The van der Waals surface area contributed by atoms with Gasteiger partial charge in [-0.1, -0.05) is 152 Å². The van der Waals surface area contributed by atoms with Gasteiger partial charge in [0.25, 0.3) is 0 Å². The van der Waals surface area contributed by atoms with Crippen molar-refractivity contribution in [1.82, 2.24) is 19.5 Å². The van der Waals surface area contributed by atoms with E-state index in [-0.39, 0.29) is 0 Å². The summed E-state index contributed by atoms with van der Waals surface area (Å²) in [4.78, 5) is 15.1. The normalized spacial score (nSPS) is 11.6. The molecular formula is C51H32N4O. The van der Waals surface area contributed by atoms with Crippen LogP contribution in [0.15, 0.2) is 199 Å². The van der Waals surface area contributed by atoms with Crippen molar-refractivity contribution in [3.8, 4) is 62.1 Å². The van der Waals surface area contributed by atoms with Crippen molar-refractivity contribution in [2.24, 2.45) is 0 Å². The lowest BCUT2D eigenvalue weighted by Crippen LogP contribution is -2.00. The summed E-state index contributed by atoms with van der Waals surface area (Å²) in [7, 11) is 0. The molecule has 11 aromatic rings. The first-order chi connectivity index (χ1) is 27.7. The van der Waals surface area contributed by atoms with Crippen LogP contribution >= 0.6 is 0 Å². The van der Waals surface area contributed by atoms with Crippen LogP contribution in [0.5, 0.6) is 0 Å². The van der Waals surface area contributed by atoms with Crippen molar-refractivity contribution in [1.29, 1.82) is 0 Å². The minimum Gasteiger partial charge on any atom is -0.455 e. The van der Waals surface area contributed by atoms with E-state index in [0.29, 0.717) is 17.5 Å². The van der Waals surface area contributed by atoms with Crippen LogP contribution in [0.3, 0.4) is 0 Å². The fourth-order valence-corrected chi connectivity index (χ4v) is 7.95. The Kier molecular flexibility index (Phi) is 7.42. The molecule has 0 fully saturated rings. The van der Waals surface area contributed by atoms with E-state index in [1.54, 1.807) is 0 Å². The van der Waals surface area contributed by atoms with E-state index in [0.717, 1.165) is 82.8 Å². The molecule has 0 bridgehead atoms. The molecule has 3 heterocycles. The van der Waals surface area contributed by atoms with E-state index >= 15 is 0 Å². The number of aromatic nitrogens is 4. The van der Waals surface area contributed by atoms with Gasteiger partial charge in [-0.05, 0) is 53.1 Å². The molecule has 0 saturated heterocycles. The van der Waals surface area contributed by atoms with Crippen molar-refractivity contribution in [2.45, 2.75) is 0 Å². The van der Waals surface area contributed by atoms with Crippen LogP contribution in [0.4, 0.5) is 0 Å². The van der Waals surface area contributed by atoms with Crippen molar-refractivity contribution in [3.05, 3.63) is 194 Å². The predicted molar refractivity (Wildman–Crippen MR) is 229 cm³/mol. The minimum absolute atomic E-state index is 0.623. The van der Waals surface area contributed by atoms with E-state index in [1.165, 1.54) is 5.56 Å². The van der Waals surface area contributed by atoms with Crippen LogP contribution in [0.25, 0.3) is 106 Å². The second kappa shape index (κ2) is 13.0. The number of furan rings is 1. The molecular weight excluding hydrogens is 685 g/mol. The Morgan fingerprint density at radius 3 is 1.61 bits per heavy atom. The number of nitrogens with zero attached hydrogens (tertiary/aromatic N) is 4. The van der Waals surface area contributed by atoms with Gasteiger partial charge in [-0.3, -0.25) is 0 Å².